The van der Waals surface area contributed by atoms with Crippen LogP contribution in [0.5, 0.6) is 5.75 Å². The van der Waals surface area contributed by atoms with Crippen molar-refractivity contribution in [3.05, 3.63) is 60.2 Å². The van der Waals surface area contributed by atoms with Gasteiger partial charge in [-0.2, -0.15) is 4.31 Å². The summed E-state index contributed by atoms with van der Waals surface area (Å²) in [5, 5.41) is 3.13. The Morgan fingerprint density at radius 3 is 2.50 bits per heavy atom. The van der Waals surface area contributed by atoms with E-state index in [1.165, 1.54) is 9.87 Å². The van der Waals surface area contributed by atoms with Crippen molar-refractivity contribution in [2.24, 2.45) is 0 Å². The molecule has 0 spiro atoms. The number of benzene rings is 2. The molecule has 0 aromatic heterocycles. The molecule has 2 heterocycles. The van der Waals surface area contributed by atoms with Crippen molar-refractivity contribution in [2.45, 2.75) is 49.2 Å². The van der Waals surface area contributed by atoms with Gasteiger partial charge in [-0.15, -0.1) is 0 Å². The predicted octanol–water partition coefficient (Wildman–Crippen LogP) is 2.63. The molecule has 2 aliphatic heterocycles. The summed E-state index contributed by atoms with van der Waals surface area (Å²) >= 11 is 0. The number of ether oxygens (including phenoxy) is 1. The average Bonchev–Trinajstić information content (AvgIpc) is 3.32. The molecule has 2 aromatic rings. The Labute approximate surface area is 190 Å². The van der Waals surface area contributed by atoms with E-state index in [0.717, 1.165) is 38.2 Å². The number of piperidine rings is 1. The number of amides is 1. The quantitative estimate of drug-likeness (QED) is 0.692. The van der Waals surface area contributed by atoms with Gasteiger partial charge in [0, 0.05) is 32.2 Å². The van der Waals surface area contributed by atoms with Crippen LogP contribution in [0.25, 0.3) is 0 Å². The highest BCUT2D eigenvalue weighted by atomic mass is 32.2. The molecule has 0 aliphatic carbocycles. The Hall–Kier alpha value is -2.42. The molecule has 1 N–H and O–H groups in total. The molecule has 2 aliphatic rings. The first kappa shape index (κ1) is 22.8. The van der Waals surface area contributed by atoms with E-state index in [2.05, 4.69) is 22.3 Å². The minimum absolute atomic E-state index is 0.0749. The fourth-order valence-electron chi connectivity index (χ4n) is 4.58. The number of hydrogen-bond acceptors (Lipinski definition) is 5. The molecule has 1 atom stereocenters. The molecule has 4 rings (SSSR count). The number of hydrogen-bond donors (Lipinski definition) is 1. The van der Waals surface area contributed by atoms with E-state index in [0.29, 0.717) is 19.4 Å². The number of nitrogens with zero attached hydrogens (tertiary/aromatic N) is 2. The van der Waals surface area contributed by atoms with Gasteiger partial charge < -0.3 is 10.1 Å². The Morgan fingerprint density at radius 2 is 1.78 bits per heavy atom. The average molecular weight is 458 g/mol. The summed E-state index contributed by atoms with van der Waals surface area (Å²) in [6.07, 6.45) is 2.97. The van der Waals surface area contributed by atoms with Gasteiger partial charge in [-0.3, -0.25) is 9.69 Å². The first-order valence-corrected chi connectivity index (χ1v) is 12.6. The molecule has 32 heavy (non-hydrogen) atoms. The third-order valence-corrected chi connectivity index (χ3v) is 8.25. The molecular formula is C24H31N3O4S. The van der Waals surface area contributed by atoms with Crippen LogP contribution in [-0.4, -0.2) is 62.4 Å². The number of sulfonamides is 1. The van der Waals surface area contributed by atoms with E-state index in [1.807, 2.05) is 12.1 Å². The van der Waals surface area contributed by atoms with Crippen molar-refractivity contribution >= 4 is 15.9 Å². The lowest BCUT2D eigenvalue weighted by Crippen LogP contribution is -2.51. The van der Waals surface area contributed by atoms with Crippen LogP contribution >= 0.6 is 0 Å². The summed E-state index contributed by atoms with van der Waals surface area (Å²) in [4.78, 5) is 15.6. The second-order valence-corrected chi connectivity index (χ2v) is 10.4. The lowest BCUT2D eigenvalue weighted by Gasteiger charge is -2.33. The van der Waals surface area contributed by atoms with Gasteiger partial charge in [-0.1, -0.05) is 30.3 Å². The number of rotatable bonds is 7. The Morgan fingerprint density at radius 1 is 1.03 bits per heavy atom. The maximum Gasteiger partial charge on any atom is 0.243 e. The van der Waals surface area contributed by atoms with Crippen LogP contribution in [0.1, 0.15) is 31.2 Å². The minimum atomic E-state index is -3.67. The molecule has 2 saturated heterocycles. The standard InChI is InChI=1S/C24H31N3O4S/c1-31-21-8-5-7-19(17-21)18-26-15-12-20(13-16-26)25-24(28)23-11-6-14-27(23)32(29,30)22-9-3-2-4-10-22/h2-5,7-10,17,20,23H,6,11-16,18H2,1H3,(H,25,28). The number of carbonyl (C=O) groups excluding carboxylic acids is 1. The summed E-state index contributed by atoms with van der Waals surface area (Å²) < 4.78 is 32.7. The van der Waals surface area contributed by atoms with Gasteiger partial charge in [0.2, 0.25) is 15.9 Å². The van der Waals surface area contributed by atoms with Gasteiger partial charge in [-0.05, 0) is 55.5 Å². The summed E-state index contributed by atoms with van der Waals surface area (Å²) in [7, 11) is -2.00. The van der Waals surface area contributed by atoms with Crippen LogP contribution in [0, 0.1) is 0 Å². The molecule has 8 heteroatoms. The van der Waals surface area contributed by atoms with Crippen molar-refractivity contribution in [3.63, 3.8) is 0 Å². The molecule has 172 valence electrons. The highest BCUT2D eigenvalue weighted by Gasteiger charge is 2.40. The minimum Gasteiger partial charge on any atom is -0.497 e. The van der Waals surface area contributed by atoms with Crippen LogP contribution < -0.4 is 10.1 Å². The summed E-state index contributed by atoms with van der Waals surface area (Å²) in [6, 6.07) is 15.9. The van der Waals surface area contributed by atoms with Gasteiger partial charge in [0.1, 0.15) is 11.8 Å². The third-order valence-electron chi connectivity index (χ3n) is 6.33. The van der Waals surface area contributed by atoms with E-state index in [1.54, 1.807) is 37.4 Å². The monoisotopic (exact) mass is 457 g/mol. The normalized spacial score (nSPS) is 20.8. The molecule has 2 aromatic carbocycles. The number of methoxy groups -OCH3 is 1. The topological polar surface area (TPSA) is 79.0 Å². The molecular weight excluding hydrogens is 426 g/mol. The molecule has 0 radical (unpaired) electrons. The van der Waals surface area contributed by atoms with Crippen LogP contribution in [0.2, 0.25) is 0 Å². The maximum atomic E-state index is 13.0. The zero-order chi connectivity index (χ0) is 22.6. The first-order valence-electron chi connectivity index (χ1n) is 11.2. The van der Waals surface area contributed by atoms with E-state index >= 15 is 0 Å². The molecule has 1 unspecified atom stereocenters. The zero-order valence-corrected chi connectivity index (χ0v) is 19.3. The van der Waals surface area contributed by atoms with Gasteiger partial charge in [-0.25, -0.2) is 8.42 Å². The van der Waals surface area contributed by atoms with Crippen molar-refractivity contribution < 1.29 is 17.9 Å². The smallest absolute Gasteiger partial charge is 0.243 e. The largest absolute Gasteiger partial charge is 0.497 e. The number of nitrogens with one attached hydrogen (secondary N) is 1. The highest BCUT2D eigenvalue weighted by Crippen LogP contribution is 2.26. The number of likely N-dealkylation sites (tertiary alicyclic amines) is 1. The molecule has 1 amide bonds. The van der Waals surface area contributed by atoms with Gasteiger partial charge >= 0.3 is 0 Å². The van der Waals surface area contributed by atoms with Crippen molar-refractivity contribution in [1.29, 1.82) is 0 Å². The highest BCUT2D eigenvalue weighted by molar-refractivity contribution is 7.89. The molecule has 2 fully saturated rings. The summed E-state index contributed by atoms with van der Waals surface area (Å²) in [6.45, 7) is 3.01. The van der Waals surface area contributed by atoms with E-state index in [-0.39, 0.29) is 16.8 Å². The summed E-state index contributed by atoms with van der Waals surface area (Å²) in [5.74, 6) is 0.685. The second kappa shape index (κ2) is 10.0. The van der Waals surface area contributed by atoms with Crippen LogP contribution in [0.3, 0.4) is 0 Å². The molecule has 0 saturated carbocycles. The number of carbonyl (C=O) groups is 1. The van der Waals surface area contributed by atoms with Crippen molar-refractivity contribution in [1.82, 2.24) is 14.5 Å². The Kier molecular flexibility index (Phi) is 7.13. The molecule has 7 nitrogen and oxygen atoms in total. The fraction of sp³-hybridized carbons (Fsp3) is 0.458. The lowest BCUT2D eigenvalue weighted by molar-refractivity contribution is -0.125. The second-order valence-electron chi connectivity index (χ2n) is 8.50. The Balaban J connectivity index is 1.31. The van der Waals surface area contributed by atoms with Gasteiger partial charge in [0.15, 0.2) is 0 Å². The maximum absolute atomic E-state index is 13.0. The van der Waals surface area contributed by atoms with E-state index in [9.17, 15) is 13.2 Å². The first-order chi connectivity index (χ1) is 15.5. The van der Waals surface area contributed by atoms with Gasteiger partial charge in [0.25, 0.3) is 0 Å². The van der Waals surface area contributed by atoms with Crippen LogP contribution in [0.15, 0.2) is 59.5 Å². The van der Waals surface area contributed by atoms with Crippen molar-refractivity contribution in [2.75, 3.05) is 26.7 Å². The van der Waals surface area contributed by atoms with Crippen LogP contribution in [-0.2, 0) is 21.4 Å². The fourth-order valence-corrected chi connectivity index (χ4v) is 6.26. The van der Waals surface area contributed by atoms with E-state index in [4.69, 9.17) is 4.74 Å². The summed E-state index contributed by atoms with van der Waals surface area (Å²) in [5.41, 5.74) is 1.21. The van der Waals surface area contributed by atoms with Gasteiger partial charge in [0.05, 0.1) is 12.0 Å². The zero-order valence-electron chi connectivity index (χ0n) is 18.4. The Bertz CT molecular complexity index is 1020. The van der Waals surface area contributed by atoms with E-state index < -0.39 is 16.1 Å². The van der Waals surface area contributed by atoms with Crippen LogP contribution in [0.4, 0.5) is 0 Å². The molecule has 0 bridgehead atoms. The third kappa shape index (κ3) is 5.14. The van der Waals surface area contributed by atoms with Crippen molar-refractivity contribution in [3.8, 4) is 5.75 Å². The lowest BCUT2D eigenvalue weighted by atomic mass is 10.0. The predicted molar refractivity (Wildman–Crippen MR) is 123 cm³/mol. The SMILES string of the molecule is COc1cccc(CN2CCC(NC(=O)C3CCCN3S(=O)(=O)c3ccccc3)CC2)c1.